The molecule has 0 aliphatic carbocycles. The highest BCUT2D eigenvalue weighted by Gasteiger charge is 2.21. The first-order valence-corrected chi connectivity index (χ1v) is 8.03. The Balaban J connectivity index is 1.88. The lowest BCUT2D eigenvalue weighted by atomic mass is 10.1. The third-order valence-corrected chi connectivity index (χ3v) is 4.50. The molecule has 0 unspecified atom stereocenters. The summed E-state index contributed by atoms with van der Waals surface area (Å²) in [5.41, 5.74) is 3.39. The van der Waals surface area contributed by atoms with E-state index in [0.29, 0.717) is 0 Å². The summed E-state index contributed by atoms with van der Waals surface area (Å²) in [5.74, 6) is 0. The maximum absolute atomic E-state index is 11.4. The van der Waals surface area contributed by atoms with E-state index in [2.05, 4.69) is 17.0 Å². The SMILES string of the molecule is NS(=O)(=O)c1ccc2c(c1)CCN2Cc1ccccc1. The fraction of sp³-hybridized carbons (Fsp3) is 0.200. The maximum atomic E-state index is 11.4. The van der Waals surface area contributed by atoms with Crippen molar-refractivity contribution in [1.82, 2.24) is 0 Å². The van der Waals surface area contributed by atoms with Crippen molar-refractivity contribution in [3.8, 4) is 0 Å². The molecule has 0 amide bonds. The van der Waals surface area contributed by atoms with E-state index >= 15 is 0 Å². The topological polar surface area (TPSA) is 63.4 Å². The molecule has 0 radical (unpaired) electrons. The monoisotopic (exact) mass is 288 g/mol. The largest absolute Gasteiger partial charge is 0.367 e. The lowest BCUT2D eigenvalue weighted by Gasteiger charge is -2.19. The van der Waals surface area contributed by atoms with Gasteiger partial charge in [0.25, 0.3) is 0 Å². The van der Waals surface area contributed by atoms with E-state index in [1.54, 1.807) is 12.1 Å². The molecule has 2 aromatic carbocycles. The molecule has 0 saturated heterocycles. The van der Waals surface area contributed by atoms with Crippen molar-refractivity contribution >= 4 is 15.7 Å². The zero-order valence-corrected chi connectivity index (χ0v) is 11.8. The van der Waals surface area contributed by atoms with Gasteiger partial charge in [0.15, 0.2) is 0 Å². The van der Waals surface area contributed by atoms with E-state index in [1.807, 2.05) is 24.3 Å². The number of sulfonamides is 1. The van der Waals surface area contributed by atoms with Gasteiger partial charge in [0.1, 0.15) is 0 Å². The Hall–Kier alpha value is -1.85. The van der Waals surface area contributed by atoms with Crippen LogP contribution in [0.15, 0.2) is 53.4 Å². The minimum Gasteiger partial charge on any atom is -0.367 e. The van der Waals surface area contributed by atoms with Crippen molar-refractivity contribution in [2.45, 2.75) is 17.9 Å². The Morgan fingerprint density at radius 1 is 1.10 bits per heavy atom. The second-order valence-electron chi connectivity index (χ2n) is 4.99. The Morgan fingerprint density at radius 2 is 1.85 bits per heavy atom. The number of benzene rings is 2. The van der Waals surface area contributed by atoms with Gasteiger partial charge in [-0.2, -0.15) is 0 Å². The molecule has 0 aromatic heterocycles. The van der Waals surface area contributed by atoms with E-state index < -0.39 is 10.0 Å². The Morgan fingerprint density at radius 3 is 2.55 bits per heavy atom. The lowest BCUT2D eigenvalue weighted by molar-refractivity contribution is 0.597. The fourth-order valence-corrected chi connectivity index (χ4v) is 3.16. The van der Waals surface area contributed by atoms with E-state index in [9.17, 15) is 8.42 Å². The average Bonchev–Trinajstić information content (AvgIpc) is 2.81. The van der Waals surface area contributed by atoms with Crippen molar-refractivity contribution in [2.24, 2.45) is 5.14 Å². The molecule has 0 bridgehead atoms. The summed E-state index contributed by atoms with van der Waals surface area (Å²) in [4.78, 5) is 2.45. The predicted octanol–water partition coefficient (Wildman–Crippen LogP) is 1.90. The van der Waals surface area contributed by atoms with Gasteiger partial charge in [0.05, 0.1) is 4.90 Å². The van der Waals surface area contributed by atoms with Crippen LogP contribution in [0.3, 0.4) is 0 Å². The molecule has 1 aliphatic rings. The Kier molecular flexibility index (Phi) is 3.23. The number of fused-ring (bicyclic) bond motifs is 1. The molecule has 0 fully saturated rings. The van der Waals surface area contributed by atoms with E-state index in [1.165, 1.54) is 5.56 Å². The van der Waals surface area contributed by atoms with E-state index in [0.717, 1.165) is 30.8 Å². The molecule has 0 atom stereocenters. The molecule has 3 rings (SSSR count). The van der Waals surface area contributed by atoms with Crippen molar-refractivity contribution in [2.75, 3.05) is 11.4 Å². The summed E-state index contributed by atoms with van der Waals surface area (Å²) in [7, 11) is -3.62. The third-order valence-electron chi connectivity index (χ3n) is 3.59. The van der Waals surface area contributed by atoms with E-state index in [4.69, 9.17) is 5.14 Å². The molecular weight excluding hydrogens is 272 g/mol. The molecule has 0 spiro atoms. The van der Waals surface area contributed by atoms with Gasteiger partial charge in [0.2, 0.25) is 10.0 Å². The van der Waals surface area contributed by atoms with Crippen LogP contribution in [0.4, 0.5) is 5.69 Å². The number of primary sulfonamides is 1. The van der Waals surface area contributed by atoms with Gasteiger partial charge in [0, 0.05) is 18.8 Å². The summed E-state index contributed by atoms with van der Waals surface area (Å²) >= 11 is 0. The molecule has 2 aromatic rings. The van der Waals surface area contributed by atoms with Gasteiger partial charge in [-0.05, 0) is 35.7 Å². The second-order valence-corrected chi connectivity index (χ2v) is 6.55. The summed E-state index contributed by atoms with van der Waals surface area (Å²) in [6.45, 7) is 1.74. The molecule has 104 valence electrons. The highest BCUT2D eigenvalue weighted by atomic mass is 32.2. The van der Waals surface area contributed by atoms with Gasteiger partial charge >= 0.3 is 0 Å². The van der Waals surface area contributed by atoms with E-state index in [-0.39, 0.29) is 4.90 Å². The van der Waals surface area contributed by atoms with Crippen LogP contribution in [-0.2, 0) is 23.0 Å². The molecule has 1 aliphatic heterocycles. The number of hydrogen-bond donors (Lipinski definition) is 1. The van der Waals surface area contributed by atoms with Crippen LogP contribution in [0.1, 0.15) is 11.1 Å². The van der Waals surface area contributed by atoms with Crippen LogP contribution in [0.25, 0.3) is 0 Å². The predicted molar refractivity (Wildman–Crippen MR) is 79.0 cm³/mol. The number of hydrogen-bond acceptors (Lipinski definition) is 3. The Bertz CT molecular complexity index is 727. The smallest absolute Gasteiger partial charge is 0.238 e. The number of rotatable bonds is 3. The maximum Gasteiger partial charge on any atom is 0.238 e. The van der Waals surface area contributed by atoms with Crippen molar-refractivity contribution in [1.29, 1.82) is 0 Å². The van der Waals surface area contributed by atoms with Crippen molar-refractivity contribution < 1.29 is 8.42 Å². The number of nitrogens with two attached hydrogens (primary N) is 1. The number of nitrogens with zero attached hydrogens (tertiary/aromatic N) is 1. The summed E-state index contributed by atoms with van der Waals surface area (Å²) in [6, 6.07) is 15.4. The first kappa shape index (κ1) is 13.1. The first-order valence-electron chi connectivity index (χ1n) is 6.49. The molecule has 0 saturated carbocycles. The molecular formula is C15H16N2O2S. The molecule has 5 heteroatoms. The lowest BCUT2D eigenvalue weighted by Crippen LogP contribution is -2.19. The fourth-order valence-electron chi connectivity index (χ4n) is 2.59. The average molecular weight is 288 g/mol. The first-order chi connectivity index (χ1) is 9.54. The highest BCUT2D eigenvalue weighted by Crippen LogP contribution is 2.31. The minimum absolute atomic E-state index is 0.192. The van der Waals surface area contributed by atoms with Gasteiger partial charge in [-0.1, -0.05) is 30.3 Å². The summed E-state index contributed by atoms with van der Waals surface area (Å²) in [6.07, 6.45) is 0.853. The minimum atomic E-state index is -3.62. The zero-order valence-electron chi connectivity index (χ0n) is 11.0. The molecule has 4 nitrogen and oxygen atoms in total. The van der Waals surface area contributed by atoms with Gasteiger partial charge in [-0.3, -0.25) is 0 Å². The Labute approximate surface area is 118 Å². The van der Waals surface area contributed by atoms with Crippen molar-refractivity contribution in [3.05, 3.63) is 59.7 Å². The molecule has 2 N–H and O–H groups in total. The van der Waals surface area contributed by atoms with Gasteiger partial charge in [-0.15, -0.1) is 0 Å². The normalized spacial score (nSPS) is 14.3. The second kappa shape index (κ2) is 4.92. The quantitative estimate of drug-likeness (QED) is 0.938. The van der Waals surface area contributed by atoms with Crippen LogP contribution in [0.2, 0.25) is 0 Å². The summed E-state index contributed by atoms with van der Waals surface area (Å²) < 4.78 is 22.7. The number of anilines is 1. The molecule has 20 heavy (non-hydrogen) atoms. The summed E-state index contributed by atoms with van der Waals surface area (Å²) in [5, 5.41) is 5.17. The van der Waals surface area contributed by atoms with Crippen LogP contribution in [0.5, 0.6) is 0 Å². The van der Waals surface area contributed by atoms with Crippen LogP contribution < -0.4 is 10.0 Å². The van der Waals surface area contributed by atoms with Crippen LogP contribution >= 0.6 is 0 Å². The van der Waals surface area contributed by atoms with Crippen molar-refractivity contribution in [3.63, 3.8) is 0 Å². The van der Waals surface area contributed by atoms with Crippen LogP contribution in [-0.4, -0.2) is 15.0 Å². The van der Waals surface area contributed by atoms with Crippen LogP contribution in [0, 0.1) is 0 Å². The highest BCUT2D eigenvalue weighted by molar-refractivity contribution is 7.89. The standard InChI is InChI=1S/C15H16N2O2S/c16-20(18,19)14-6-7-15-13(10-14)8-9-17(15)11-12-4-2-1-3-5-12/h1-7,10H,8-9,11H2,(H2,16,18,19). The molecule has 1 heterocycles. The van der Waals surface area contributed by atoms with Gasteiger partial charge < -0.3 is 4.90 Å². The van der Waals surface area contributed by atoms with Gasteiger partial charge in [-0.25, -0.2) is 13.6 Å². The third kappa shape index (κ3) is 2.55. The zero-order chi connectivity index (χ0) is 14.2.